The minimum absolute atomic E-state index is 0.0373. The molecule has 2 aromatic heterocycles. The number of carbonyl (C=O) groups excluding carboxylic acids is 1. The van der Waals surface area contributed by atoms with Crippen LogP contribution in [0.15, 0.2) is 66.9 Å². The number of hydrogen-bond donors (Lipinski definition) is 2. The number of amides is 1. The highest BCUT2D eigenvalue weighted by atomic mass is 16.5. The summed E-state index contributed by atoms with van der Waals surface area (Å²) in [6.07, 6.45) is 6.03. The number of benzene rings is 2. The number of nitrogens with one attached hydrogen (secondary N) is 2. The molecule has 0 atom stereocenters. The van der Waals surface area contributed by atoms with E-state index in [0.717, 1.165) is 59.0 Å². The maximum atomic E-state index is 12.1. The molecule has 0 aliphatic carbocycles. The summed E-state index contributed by atoms with van der Waals surface area (Å²) in [7, 11) is 0. The van der Waals surface area contributed by atoms with Crippen LogP contribution >= 0.6 is 0 Å². The van der Waals surface area contributed by atoms with Crippen molar-refractivity contribution in [3.63, 3.8) is 0 Å². The van der Waals surface area contributed by atoms with Gasteiger partial charge in [0.2, 0.25) is 0 Å². The third-order valence-corrected chi connectivity index (χ3v) is 6.08. The second-order valence-corrected chi connectivity index (χ2v) is 8.50. The van der Waals surface area contributed by atoms with E-state index in [9.17, 15) is 4.79 Å². The minimum atomic E-state index is -0.0373. The van der Waals surface area contributed by atoms with Gasteiger partial charge in [0.1, 0.15) is 5.75 Å². The van der Waals surface area contributed by atoms with Crippen LogP contribution in [0.1, 0.15) is 42.2 Å². The highest BCUT2D eigenvalue weighted by molar-refractivity contribution is 5.97. The Kier molecular flexibility index (Phi) is 6.38. The fraction of sp³-hybridized carbons (Fsp3) is 0.250. The molecule has 6 nitrogen and oxygen atoms in total. The van der Waals surface area contributed by atoms with Gasteiger partial charge >= 0.3 is 0 Å². The van der Waals surface area contributed by atoms with Crippen molar-refractivity contribution in [2.24, 2.45) is 0 Å². The van der Waals surface area contributed by atoms with Crippen LogP contribution in [0.4, 0.5) is 0 Å². The van der Waals surface area contributed by atoms with E-state index in [4.69, 9.17) is 9.72 Å². The van der Waals surface area contributed by atoms with Crippen molar-refractivity contribution in [2.75, 3.05) is 13.2 Å². The van der Waals surface area contributed by atoms with E-state index >= 15 is 0 Å². The van der Waals surface area contributed by atoms with E-state index in [0.29, 0.717) is 17.9 Å². The van der Waals surface area contributed by atoms with Gasteiger partial charge in [0.05, 0.1) is 23.6 Å². The number of H-pyrrole nitrogens is 1. The summed E-state index contributed by atoms with van der Waals surface area (Å²) in [5.41, 5.74) is 6.46. The van der Waals surface area contributed by atoms with Crippen LogP contribution in [0.3, 0.4) is 0 Å². The Balaban J connectivity index is 1.31. The van der Waals surface area contributed by atoms with Gasteiger partial charge in [-0.15, -0.1) is 0 Å². The van der Waals surface area contributed by atoms with Gasteiger partial charge < -0.3 is 15.0 Å². The first-order valence-electron chi connectivity index (χ1n) is 11.9. The first-order valence-corrected chi connectivity index (χ1v) is 11.9. The molecule has 0 fully saturated rings. The average Bonchev–Trinajstić information content (AvgIpc) is 3.33. The molecule has 5 rings (SSSR count). The summed E-state index contributed by atoms with van der Waals surface area (Å²) < 4.78 is 5.81. The van der Waals surface area contributed by atoms with Gasteiger partial charge in [-0.1, -0.05) is 56.2 Å². The molecule has 0 radical (unpaired) electrons. The van der Waals surface area contributed by atoms with Gasteiger partial charge in [0.15, 0.2) is 5.82 Å². The molecule has 0 unspecified atom stereocenters. The second-order valence-electron chi connectivity index (χ2n) is 8.50. The Labute approximate surface area is 199 Å². The third-order valence-electron chi connectivity index (χ3n) is 6.08. The summed E-state index contributed by atoms with van der Waals surface area (Å²) in [6.45, 7) is 3.61. The number of carbonyl (C=O) groups is 1. The molecule has 172 valence electrons. The first kappa shape index (κ1) is 21.9. The zero-order chi connectivity index (χ0) is 23.3. The van der Waals surface area contributed by atoms with E-state index in [2.05, 4.69) is 46.5 Å². The zero-order valence-electron chi connectivity index (χ0n) is 19.3. The van der Waals surface area contributed by atoms with Crippen LogP contribution in [-0.4, -0.2) is 34.0 Å². The fourth-order valence-corrected chi connectivity index (χ4v) is 4.18. The highest BCUT2D eigenvalue weighted by Crippen LogP contribution is 2.27. The van der Waals surface area contributed by atoms with Crippen molar-refractivity contribution < 1.29 is 9.53 Å². The fourth-order valence-electron chi connectivity index (χ4n) is 4.18. The second kappa shape index (κ2) is 9.91. The van der Waals surface area contributed by atoms with Crippen molar-refractivity contribution in [3.05, 3.63) is 78.1 Å². The van der Waals surface area contributed by atoms with Crippen LogP contribution in [-0.2, 0) is 6.42 Å². The molecule has 34 heavy (non-hydrogen) atoms. The average molecular weight is 453 g/mol. The smallest absolute Gasteiger partial charge is 0.253 e. The van der Waals surface area contributed by atoms with Crippen LogP contribution in [0.25, 0.3) is 33.9 Å². The van der Waals surface area contributed by atoms with Crippen LogP contribution in [0.2, 0.25) is 0 Å². The molecule has 1 aliphatic heterocycles. The minimum Gasteiger partial charge on any atom is -0.494 e. The van der Waals surface area contributed by atoms with Gasteiger partial charge in [0, 0.05) is 30.4 Å². The number of ether oxygens (including phenoxy) is 1. The SMILES string of the molecule is CCCCCOc1ccc(-c2ccc(-c3nccc(-c4cc5c([nH]4)CCNC5=O)n3)cc2)cc1. The Morgan fingerprint density at radius 1 is 0.941 bits per heavy atom. The number of aromatic amines is 1. The lowest BCUT2D eigenvalue weighted by molar-refractivity contribution is 0.0946. The monoisotopic (exact) mass is 452 g/mol. The van der Waals surface area contributed by atoms with Gasteiger partial charge in [-0.3, -0.25) is 4.79 Å². The third kappa shape index (κ3) is 4.71. The predicted molar refractivity (Wildman–Crippen MR) is 134 cm³/mol. The summed E-state index contributed by atoms with van der Waals surface area (Å²) in [6, 6.07) is 20.2. The molecule has 0 spiro atoms. The van der Waals surface area contributed by atoms with Crippen molar-refractivity contribution in [1.82, 2.24) is 20.3 Å². The number of unbranched alkanes of at least 4 members (excludes halogenated alkanes) is 2. The van der Waals surface area contributed by atoms with Crippen molar-refractivity contribution >= 4 is 5.91 Å². The first-order chi connectivity index (χ1) is 16.7. The molecule has 2 N–H and O–H groups in total. The summed E-state index contributed by atoms with van der Waals surface area (Å²) >= 11 is 0. The molecular weight excluding hydrogens is 424 g/mol. The Morgan fingerprint density at radius 2 is 1.68 bits per heavy atom. The van der Waals surface area contributed by atoms with Crippen LogP contribution in [0.5, 0.6) is 5.75 Å². The maximum Gasteiger partial charge on any atom is 0.253 e. The number of nitrogens with zero attached hydrogens (tertiary/aromatic N) is 2. The lowest BCUT2D eigenvalue weighted by Gasteiger charge is -2.10. The molecular formula is C28H28N4O2. The summed E-state index contributed by atoms with van der Waals surface area (Å²) in [4.78, 5) is 24.7. The number of aromatic nitrogens is 3. The molecule has 1 aliphatic rings. The quantitative estimate of drug-likeness (QED) is 0.338. The zero-order valence-corrected chi connectivity index (χ0v) is 19.3. The number of rotatable bonds is 8. The van der Waals surface area contributed by atoms with Crippen molar-refractivity contribution in [3.8, 4) is 39.7 Å². The van der Waals surface area contributed by atoms with E-state index in [1.165, 1.54) is 12.8 Å². The lowest BCUT2D eigenvalue weighted by atomic mass is 10.0. The Morgan fingerprint density at radius 3 is 2.41 bits per heavy atom. The van der Waals surface area contributed by atoms with Crippen LogP contribution < -0.4 is 10.1 Å². The Hall–Kier alpha value is -3.93. The highest BCUT2D eigenvalue weighted by Gasteiger charge is 2.20. The normalized spacial score (nSPS) is 12.8. The van der Waals surface area contributed by atoms with E-state index in [1.54, 1.807) is 6.20 Å². The van der Waals surface area contributed by atoms with Gasteiger partial charge in [-0.25, -0.2) is 9.97 Å². The number of hydrogen-bond acceptors (Lipinski definition) is 4. The maximum absolute atomic E-state index is 12.1. The standard InChI is InChI=1S/C28H28N4O2/c1-2-3-4-17-34-22-11-9-20(10-12-22)19-5-7-21(8-6-19)27-29-15-14-25(32-27)26-18-23-24(31-26)13-16-30-28(23)33/h5-12,14-15,18,31H,2-4,13,16-17H2,1H3,(H,30,33). The molecule has 6 heteroatoms. The van der Waals surface area contributed by atoms with Crippen molar-refractivity contribution in [2.45, 2.75) is 32.6 Å². The summed E-state index contributed by atoms with van der Waals surface area (Å²) in [5.74, 6) is 1.52. The molecule has 0 bridgehead atoms. The molecule has 2 aromatic carbocycles. The van der Waals surface area contributed by atoms with E-state index in [-0.39, 0.29) is 5.91 Å². The van der Waals surface area contributed by atoms with Crippen LogP contribution in [0, 0.1) is 0 Å². The Bertz CT molecular complexity index is 1280. The lowest BCUT2D eigenvalue weighted by Crippen LogP contribution is -2.31. The predicted octanol–water partition coefficient (Wildman–Crippen LogP) is 5.66. The van der Waals surface area contributed by atoms with E-state index in [1.807, 2.05) is 36.4 Å². The molecule has 0 saturated heterocycles. The summed E-state index contributed by atoms with van der Waals surface area (Å²) in [5, 5.41) is 2.88. The molecule has 1 amide bonds. The van der Waals surface area contributed by atoms with E-state index < -0.39 is 0 Å². The van der Waals surface area contributed by atoms with Crippen molar-refractivity contribution in [1.29, 1.82) is 0 Å². The number of fused-ring (bicyclic) bond motifs is 1. The van der Waals surface area contributed by atoms with Gasteiger partial charge in [-0.2, -0.15) is 0 Å². The molecule has 0 saturated carbocycles. The van der Waals surface area contributed by atoms with Gasteiger partial charge in [0.25, 0.3) is 5.91 Å². The topological polar surface area (TPSA) is 79.9 Å². The van der Waals surface area contributed by atoms with Gasteiger partial charge in [-0.05, 0) is 41.8 Å². The largest absolute Gasteiger partial charge is 0.494 e. The molecule has 3 heterocycles. The molecule has 4 aromatic rings.